The topological polar surface area (TPSA) is 38.5 Å². The summed E-state index contributed by atoms with van der Waals surface area (Å²) in [6, 6.07) is 6.22. The Morgan fingerprint density at radius 2 is 2.10 bits per heavy atom. The third-order valence-corrected chi connectivity index (χ3v) is 3.71. The van der Waals surface area contributed by atoms with E-state index in [1.807, 2.05) is 6.07 Å². The lowest BCUT2D eigenvalue weighted by Crippen LogP contribution is -2.27. The molecule has 3 nitrogen and oxygen atoms in total. The van der Waals surface area contributed by atoms with Crippen LogP contribution in [0.1, 0.15) is 38.3 Å². The first-order chi connectivity index (χ1) is 10.1. The van der Waals surface area contributed by atoms with Crippen molar-refractivity contribution in [2.75, 3.05) is 26.7 Å². The molecule has 0 bridgehead atoms. The third kappa shape index (κ3) is 5.79. The van der Waals surface area contributed by atoms with Crippen LogP contribution in [0, 0.1) is 17.8 Å². The van der Waals surface area contributed by atoms with Crippen LogP contribution in [0.15, 0.2) is 18.2 Å². The smallest absolute Gasteiger partial charge is 0.134 e. The number of nitrogens with zero attached hydrogens (tertiary/aromatic N) is 1. The molecule has 1 atom stereocenters. The van der Waals surface area contributed by atoms with Gasteiger partial charge < -0.3 is 10.5 Å². The SMILES string of the molecule is CCC(C)CN(CC)Cc1ccc(OC)c(C#CCN)c1. The highest BCUT2D eigenvalue weighted by Crippen LogP contribution is 2.20. The van der Waals surface area contributed by atoms with Gasteiger partial charge in [0.05, 0.1) is 19.2 Å². The maximum absolute atomic E-state index is 5.46. The van der Waals surface area contributed by atoms with Crippen molar-refractivity contribution in [2.45, 2.75) is 33.7 Å². The number of rotatable bonds is 7. The van der Waals surface area contributed by atoms with Gasteiger partial charge in [-0.15, -0.1) is 0 Å². The van der Waals surface area contributed by atoms with Crippen LogP contribution in [0.25, 0.3) is 0 Å². The molecule has 2 N–H and O–H groups in total. The van der Waals surface area contributed by atoms with Gasteiger partial charge in [0, 0.05) is 13.1 Å². The maximum atomic E-state index is 5.46. The minimum Gasteiger partial charge on any atom is -0.495 e. The number of hydrogen-bond donors (Lipinski definition) is 1. The monoisotopic (exact) mass is 288 g/mol. The van der Waals surface area contributed by atoms with Crippen molar-refractivity contribution in [3.8, 4) is 17.6 Å². The normalized spacial score (nSPS) is 11.9. The molecule has 116 valence electrons. The van der Waals surface area contributed by atoms with Gasteiger partial charge in [0.25, 0.3) is 0 Å². The summed E-state index contributed by atoms with van der Waals surface area (Å²) >= 11 is 0. The Labute approximate surface area is 129 Å². The second-order valence-electron chi connectivity index (χ2n) is 5.38. The molecule has 0 radical (unpaired) electrons. The van der Waals surface area contributed by atoms with Gasteiger partial charge in [-0.2, -0.15) is 0 Å². The lowest BCUT2D eigenvalue weighted by molar-refractivity contribution is 0.238. The fourth-order valence-corrected chi connectivity index (χ4v) is 2.23. The van der Waals surface area contributed by atoms with Crippen molar-refractivity contribution in [3.63, 3.8) is 0 Å². The highest BCUT2D eigenvalue weighted by atomic mass is 16.5. The van der Waals surface area contributed by atoms with Gasteiger partial charge >= 0.3 is 0 Å². The number of nitrogens with two attached hydrogens (primary N) is 1. The fourth-order valence-electron chi connectivity index (χ4n) is 2.23. The van der Waals surface area contributed by atoms with Crippen LogP contribution < -0.4 is 10.5 Å². The number of hydrogen-bond acceptors (Lipinski definition) is 3. The molecule has 0 fully saturated rings. The zero-order valence-corrected chi connectivity index (χ0v) is 13.8. The molecule has 0 amide bonds. The zero-order chi connectivity index (χ0) is 15.7. The van der Waals surface area contributed by atoms with Crippen LogP contribution >= 0.6 is 0 Å². The summed E-state index contributed by atoms with van der Waals surface area (Å²) in [6.45, 7) is 10.2. The van der Waals surface area contributed by atoms with Crippen molar-refractivity contribution >= 4 is 0 Å². The lowest BCUT2D eigenvalue weighted by Gasteiger charge is -2.24. The summed E-state index contributed by atoms with van der Waals surface area (Å²) in [5, 5.41) is 0. The molecule has 0 spiro atoms. The molecule has 0 aromatic heterocycles. The van der Waals surface area contributed by atoms with E-state index in [1.54, 1.807) is 7.11 Å². The summed E-state index contributed by atoms with van der Waals surface area (Å²) in [5.41, 5.74) is 7.64. The van der Waals surface area contributed by atoms with Gasteiger partial charge in [-0.1, -0.05) is 45.1 Å². The molecular weight excluding hydrogens is 260 g/mol. The van der Waals surface area contributed by atoms with Crippen LogP contribution in [0.2, 0.25) is 0 Å². The van der Waals surface area contributed by atoms with Crippen molar-refractivity contribution in [2.24, 2.45) is 11.7 Å². The quantitative estimate of drug-likeness (QED) is 0.784. The van der Waals surface area contributed by atoms with Crippen molar-refractivity contribution < 1.29 is 4.74 Å². The standard InChI is InChI=1S/C18H28N2O/c1-5-15(3)13-20(6-2)14-16-9-10-18(21-4)17(12-16)8-7-11-19/h9-10,12,15H,5-6,11,13-14,19H2,1-4H3. The van der Waals surface area contributed by atoms with E-state index in [-0.39, 0.29) is 0 Å². The minimum absolute atomic E-state index is 0.364. The Hall–Kier alpha value is -1.50. The summed E-state index contributed by atoms with van der Waals surface area (Å²) in [5.74, 6) is 7.52. The highest BCUT2D eigenvalue weighted by Gasteiger charge is 2.09. The second kappa shape index (κ2) is 9.44. The third-order valence-electron chi connectivity index (χ3n) is 3.71. The van der Waals surface area contributed by atoms with E-state index < -0.39 is 0 Å². The summed E-state index contributed by atoms with van der Waals surface area (Å²) in [4.78, 5) is 2.47. The predicted octanol–water partition coefficient (Wildman–Crippen LogP) is 2.87. The zero-order valence-electron chi connectivity index (χ0n) is 13.8. The van der Waals surface area contributed by atoms with Gasteiger partial charge in [-0.3, -0.25) is 4.90 Å². The van der Waals surface area contributed by atoms with E-state index in [2.05, 4.69) is 49.6 Å². The van der Waals surface area contributed by atoms with Crippen molar-refractivity contribution in [1.29, 1.82) is 0 Å². The van der Waals surface area contributed by atoms with Gasteiger partial charge in [0.2, 0.25) is 0 Å². The van der Waals surface area contributed by atoms with E-state index in [0.29, 0.717) is 6.54 Å². The van der Waals surface area contributed by atoms with E-state index in [9.17, 15) is 0 Å². The van der Waals surface area contributed by atoms with E-state index in [1.165, 1.54) is 12.0 Å². The van der Waals surface area contributed by atoms with Crippen LogP contribution in [-0.2, 0) is 6.54 Å². The molecule has 0 aliphatic rings. The van der Waals surface area contributed by atoms with Crippen molar-refractivity contribution in [3.05, 3.63) is 29.3 Å². The molecule has 0 aliphatic heterocycles. The van der Waals surface area contributed by atoms with E-state index in [4.69, 9.17) is 10.5 Å². The van der Waals surface area contributed by atoms with E-state index >= 15 is 0 Å². The first-order valence-corrected chi connectivity index (χ1v) is 7.72. The first-order valence-electron chi connectivity index (χ1n) is 7.72. The molecular formula is C18H28N2O. The largest absolute Gasteiger partial charge is 0.495 e. The summed E-state index contributed by atoms with van der Waals surface area (Å²) < 4.78 is 5.35. The van der Waals surface area contributed by atoms with E-state index in [0.717, 1.165) is 36.9 Å². The van der Waals surface area contributed by atoms with Crippen LogP contribution in [0.5, 0.6) is 5.75 Å². The van der Waals surface area contributed by atoms with Gasteiger partial charge in [-0.25, -0.2) is 0 Å². The fraction of sp³-hybridized carbons (Fsp3) is 0.556. The molecule has 3 heteroatoms. The lowest BCUT2D eigenvalue weighted by atomic mass is 10.1. The van der Waals surface area contributed by atoms with Crippen LogP contribution in [0.3, 0.4) is 0 Å². The van der Waals surface area contributed by atoms with Gasteiger partial charge in [-0.05, 0) is 30.2 Å². The molecule has 1 aromatic carbocycles. The first kappa shape index (κ1) is 17.6. The Kier molecular flexibility index (Phi) is 7.89. The molecule has 1 aromatic rings. The summed E-state index contributed by atoms with van der Waals surface area (Å²) in [6.07, 6.45) is 1.21. The molecule has 0 saturated heterocycles. The minimum atomic E-state index is 0.364. The molecule has 21 heavy (non-hydrogen) atoms. The molecule has 1 rings (SSSR count). The summed E-state index contributed by atoms with van der Waals surface area (Å²) in [7, 11) is 1.67. The van der Waals surface area contributed by atoms with Crippen molar-refractivity contribution in [1.82, 2.24) is 4.90 Å². The van der Waals surface area contributed by atoms with Crippen LogP contribution in [-0.4, -0.2) is 31.6 Å². The molecule has 0 heterocycles. The predicted molar refractivity (Wildman–Crippen MR) is 89.3 cm³/mol. The Bertz CT molecular complexity index is 488. The average molecular weight is 288 g/mol. The number of benzene rings is 1. The molecule has 0 saturated carbocycles. The Balaban J connectivity index is 2.87. The van der Waals surface area contributed by atoms with Gasteiger partial charge in [0.15, 0.2) is 0 Å². The highest BCUT2D eigenvalue weighted by molar-refractivity contribution is 5.48. The number of methoxy groups -OCH3 is 1. The maximum Gasteiger partial charge on any atom is 0.134 e. The Morgan fingerprint density at radius 1 is 1.33 bits per heavy atom. The second-order valence-corrected chi connectivity index (χ2v) is 5.38. The number of ether oxygens (including phenoxy) is 1. The van der Waals surface area contributed by atoms with Crippen LogP contribution in [0.4, 0.5) is 0 Å². The van der Waals surface area contributed by atoms with Gasteiger partial charge in [0.1, 0.15) is 5.75 Å². The molecule has 1 unspecified atom stereocenters. The average Bonchev–Trinajstić information content (AvgIpc) is 2.52. The molecule has 0 aliphatic carbocycles. The Morgan fingerprint density at radius 3 is 2.67 bits per heavy atom.